The highest BCUT2D eigenvalue weighted by molar-refractivity contribution is 5.92. The molecule has 0 saturated carbocycles. The van der Waals surface area contributed by atoms with Crippen LogP contribution in [0.15, 0.2) is 11.6 Å². The summed E-state index contributed by atoms with van der Waals surface area (Å²) >= 11 is 0. The normalized spacial score (nSPS) is 19.0. The van der Waals surface area contributed by atoms with Crippen LogP contribution in [0.25, 0.3) is 0 Å². The number of carbonyl (C=O) groups excluding carboxylic acids is 4. The largest absolute Gasteiger partial charge is 0.463 e. The van der Waals surface area contributed by atoms with Crippen LogP contribution in [-0.4, -0.2) is 71.8 Å². The van der Waals surface area contributed by atoms with Crippen LogP contribution in [-0.2, 0) is 23.9 Å². The van der Waals surface area contributed by atoms with Gasteiger partial charge in [-0.3, -0.25) is 14.4 Å². The first-order chi connectivity index (χ1) is 15.2. The molecule has 0 bridgehead atoms. The summed E-state index contributed by atoms with van der Waals surface area (Å²) < 4.78 is 5.08. The molecule has 1 aliphatic heterocycles. The Bertz CT molecular complexity index is 754. The molecular formula is C25H43N3O5. The van der Waals surface area contributed by atoms with Crippen molar-refractivity contribution in [2.75, 3.05) is 20.2 Å². The van der Waals surface area contributed by atoms with Crippen LogP contribution >= 0.6 is 0 Å². The number of likely N-dealkylation sites (N-methyl/N-ethyl adjacent to an activating group) is 1. The van der Waals surface area contributed by atoms with Gasteiger partial charge in [-0.05, 0) is 44.4 Å². The molecule has 1 aliphatic rings. The third-order valence-electron chi connectivity index (χ3n) is 6.11. The second-order valence-electron chi connectivity index (χ2n) is 10.3. The van der Waals surface area contributed by atoms with Gasteiger partial charge in [-0.15, -0.1) is 0 Å². The Balaban J connectivity index is 3.16. The van der Waals surface area contributed by atoms with Crippen LogP contribution in [0.2, 0.25) is 0 Å². The van der Waals surface area contributed by atoms with Crippen molar-refractivity contribution in [3.63, 3.8) is 0 Å². The molecule has 3 unspecified atom stereocenters. The van der Waals surface area contributed by atoms with E-state index in [1.165, 1.54) is 6.92 Å². The van der Waals surface area contributed by atoms with E-state index in [-0.39, 0.29) is 36.3 Å². The molecule has 0 aromatic heterocycles. The Labute approximate surface area is 199 Å². The maximum atomic E-state index is 13.6. The lowest BCUT2D eigenvalue weighted by molar-refractivity contribution is -0.145. The summed E-state index contributed by atoms with van der Waals surface area (Å²) in [6.07, 6.45) is 4.07. The van der Waals surface area contributed by atoms with E-state index in [0.29, 0.717) is 18.5 Å². The van der Waals surface area contributed by atoms with Crippen LogP contribution < -0.4 is 5.32 Å². The molecule has 0 radical (unpaired) electrons. The molecule has 3 amide bonds. The second kappa shape index (κ2) is 12.2. The zero-order valence-corrected chi connectivity index (χ0v) is 21.9. The Morgan fingerprint density at radius 2 is 1.76 bits per heavy atom. The van der Waals surface area contributed by atoms with E-state index >= 15 is 0 Å². The molecule has 1 N–H and O–H groups in total. The van der Waals surface area contributed by atoms with Crippen molar-refractivity contribution in [3.8, 4) is 0 Å². The highest BCUT2D eigenvalue weighted by Crippen LogP contribution is 2.25. The quantitative estimate of drug-likeness (QED) is 0.439. The predicted octanol–water partition coefficient (Wildman–Crippen LogP) is 2.91. The molecular weight excluding hydrogens is 422 g/mol. The Morgan fingerprint density at radius 3 is 2.24 bits per heavy atom. The smallest absolute Gasteiger partial charge is 0.333 e. The van der Waals surface area contributed by atoms with Gasteiger partial charge >= 0.3 is 5.97 Å². The molecule has 0 aliphatic carbocycles. The summed E-state index contributed by atoms with van der Waals surface area (Å²) in [6.45, 7) is 15.4. The van der Waals surface area contributed by atoms with Crippen molar-refractivity contribution in [3.05, 3.63) is 11.6 Å². The van der Waals surface area contributed by atoms with E-state index in [2.05, 4.69) is 5.32 Å². The lowest BCUT2D eigenvalue weighted by Gasteiger charge is -2.39. The minimum atomic E-state index is -0.789. The van der Waals surface area contributed by atoms with Gasteiger partial charge in [0.1, 0.15) is 12.1 Å². The SMILES string of the molecule is CCOC(=O)/C(C)=C/C(C(C)C)N(C)C(=O)C(NC(=O)C1CCCCN1C(C)=O)C(C)(C)C. The first-order valence-electron chi connectivity index (χ1n) is 11.9. The molecule has 0 aromatic carbocycles. The van der Waals surface area contributed by atoms with Crippen molar-refractivity contribution in [1.29, 1.82) is 0 Å². The van der Waals surface area contributed by atoms with E-state index < -0.39 is 23.5 Å². The summed E-state index contributed by atoms with van der Waals surface area (Å²) in [4.78, 5) is 54.1. The number of hydrogen-bond acceptors (Lipinski definition) is 5. The number of nitrogens with zero attached hydrogens (tertiary/aromatic N) is 2. The third kappa shape index (κ3) is 7.86. The summed E-state index contributed by atoms with van der Waals surface area (Å²) in [6, 6.07) is -1.71. The Morgan fingerprint density at radius 1 is 1.15 bits per heavy atom. The van der Waals surface area contributed by atoms with Gasteiger partial charge in [-0.2, -0.15) is 0 Å². The van der Waals surface area contributed by atoms with Gasteiger partial charge in [0.05, 0.1) is 12.6 Å². The van der Waals surface area contributed by atoms with Gasteiger partial charge in [0.2, 0.25) is 17.7 Å². The fourth-order valence-corrected chi connectivity index (χ4v) is 4.14. The summed E-state index contributed by atoms with van der Waals surface area (Å²) in [5.74, 6) is -1.05. The molecule has 0 spiro atoms. The van der Waals surface area contributed by atoms with E-state index in [1.54, 1.807) is 36.8 Å². The van der Waals surface area contributed by atoms with E-state index in [9.17, 15) is 19.2 Å². The predicted molar refractivity (Wildman–Crippen MR) is 128 cm³/mol. The first-order valence-corrected chi connectivity index (χ1v) is 11.9. The van der Waals surface area contributed by atoms with E-state index in [4.69, 9.17) is 4.74 Å². The molecule has 1 fully saturated rings. The summed E-state index contributed by atoms with van der Waals surface area (Å²) in [7, 11) is 1.69. The number of likely N-dealkylation sites (tertiary alicyclic amines) is 1. The fraction of sp³-hybridized carbons (Fsp3) is 0.760. The molecule has 3 atom stereocenters. The highest BCUT2D eigenvalue weighted by atomic mass is 16.5. The number of carbonyl (C=O) groups is 4. The minimum absolute atomic E-state index is 0.0335. The van der Waals surface area contributed by atoms with Gasteiger partial charge < -0.3 is 19.9 Å². The maximum absolute atomic E-state index is 13.6. The van der Waals surface area contributed by atoms with Crippen molar-refractivity contribution in [2.45, 2.75) is 92.8 Å². The monoisotopic (exact) mass is 465 g/mol. The number of rotatable bonds is 8. The lowest BCUT2D eigenvalue weighted by Crippen LogP contribution is -2.60. The molecule has 0 aromatic rings. The fourth-order valence-electron chi connectivity index (χ4n) is 4.14. The van der Waals surface area contributed by atoms with Gasteiger partial charge in [0.25, 0.3) is 0 Å². The minimum Gasteiger partial charge on any atom is -0.463 e. The van der Waals surface area contributed by atoms with Gasteiger partial charge in [-0.25, -0.2) is 4.79 Å². The molecule has 8 heteroatoms. The van der Waals surface area contributed by atoms with E-state index in [0.717, 1.165) is 12.8 Å². The van der Waals surface area contributed by atoms with Crippen LogP contribution in [0.5, 0.6) is 0 Å². The second-order valence-corrected chi connectivity index (χ2v) is 10.3. The van der Waals surface area contributed by atoms with Gasteiger partial charge in [-0.1, -0.05) is 40.7 Å². The number of piperidine rings is 1. The van der Waals surface area contributed by atoms with Gasteiger partial charge in [0.15, 0.2) is 0 Å². The first kappa shape index (κ1) is 28.7. The number of esters is 1. The average Bonchev–Trinajstić information content (AvgIpc) is 2.73. The van der Waals surface area contributed by atoms with Crippen LogP contribution in [0.3, 0.4) is 0 Å². The topological polar surface area (TPSA) is 96.0 Å². The van der Waals surface area contributed by atoms with E-state index in [1.807, 2.05) is 34.6 Å². The molecule has 33 heavy (non-hydrogen) atoms. The zero-order valence-electron chi connectivity index (χ0n) is 21.9. The summed E-state index contributed by atoms with van der Waals surface area (Å²) in [5.41, 5.74) is -0.121. The third-order valence-corrected chi connectivity index (χ3v) is 6.11. The standard InChI is InChI=1S/C25H43N3O5/c1-10-33-24(32)17(4)15-20(16(2)3)27(9)23(31)21(25(6,7)8)26-22(30)19-13-11-12-14-28(19)18(5)29/h15-16,19-21H,10-14H2,1-9H3,(H,26,30)/b17-15+. The molecule has 1 rings (SSSR count). The van der Waals surface area contributed by atoms with Crippen LogP contribution in [0.4, 0.5) is 0 Å². The lowest BCUT2D eigenvalue weighted by atomic mass is 9.84. The molecule has 8 nitrogen and oxygen atoms in total. The van der Waals surface area contributed by atoms with Crippen molar-refractivity contribution >= 4 is 23.7 Å². The Hall–Kier alpha value is -2.38. The number of ether oxygens (including phenoxy) is 1. The number of amides is 3. The van der Waals surface area contributed by atoms with Crippen LogP contribution in [0, 0.1) is 11.3 Å². The van der Waals surface area contributed by atoms with Crippen molar-refractivity contribution < 1.29 is 23.9 Å². The average molecular weight is 466 g/mol. The highest BCUT2D eigenvalue weighted by Gasteiger charge is 2.39. The molecule has 188 valence electrons. The van der Waals surface area contributed by atoms with Crippen molar-refractivity contribution in [1.82, 2.24) is 15.1 Å². The molecule has 1 saturated heterocycles. The summed E-state index contributed by atoms with van der Waals surface area (Å²) in [5, 5.41) is 2.95. The number of hydrogen-bond donors (Lipinski definition) is 1. The zero-order chi connectivity index (χ0) is 25.5. The van der Waals surface area contributed by atoms with Crippen LogP contribution in [0.1, 0.15) is 74.7 Å². The maximum Gasteiger partial charge on any atom is 0.333 e. The van der Waals surface area contributed by atoms with Gasteiger partial charge in [0, 0.05) is 26.1 Å². The number of nitrogens with one attached hydrogen (secondary N) is 1. The molecule has 1 heterocycles. The Kier molecular flexibility index (Phi) is 10.6. The van der Waals surface area contributed by atoms with Crippen molar-refractivity contribution in [2.24, 2.45) is 11.3 Å².